The number of carbonyl (C=O) groups excluding carboxylic acids is 2. The summed E-state index contributed by atoms with van der Waals surface area (Å²) < 4.78 is 0. The molecular weight excluding hydrogens is 116 g/mol. The van der Waals surface area contributed by atoms with Crippen molar-refractivity contribution < 1.29 is 9.59 Å². The molecule has 0 heterocycles. The van der Waals surface area contributed by atoms with E-state index in [1.165, 1.54) is 6.92 Å². The molecular formula is C7H10O2. The molecule has 0 atom stereocenters. The molecule has 0 radical (unpaired) electrons. The fraction of sp³-hybridized carbons (Fsp3) is 0.429. The molecule has 2 heteroatoms. The molecule has 0 rings (SSSR count). The van der Waals surface area contributed by atoms with Gasteiger partial charge in [-0.2, -0.15) is 0 Å². The highest BCUT2D eigenvalue weighted by atomic mass is 16.2. The van der Waals surface area contributed by atoms with Gasteiger partial charge in [0, 0.05) is 13.3 Å². The standard InChI is InChI=1S/C7H10O2/c1-5(2)4-7(9)6(3)8/h1,4H2,2-3H3. The summed E-state index contributed by atoms with van der Waals surface area (Å²) in [6.07, 6.45) is 0.190. The van der Waals surface area contributed by atoms with Crippen LogP contribution in [0.25, 0.3) is 0 Å². The Labute approximate surface area is 54.6 Å². The van der Waals surface area contributed by atoms with E-state index in [9.17, 15) is 9.59 Å². The Morgan fingerprint density at radius 3 is 1.89 bits per heavy atom. The number of rotatable bonds is 3. The molecule has 0 saturated heterocycles. The third-order valence-corrected chi connectivity index (χ3v) is 0.855. The van der Waals surface area contributed by atoms with Crippen molar-refractivity contribution in [3.05, 3.63) is 12.2 Å². The van der Waals surface area contributed by atoms with Gasteiger partial charge in [0.15, 0.2) is 5.78 Å². The van der Waals surface area contributed by atoms with E-state index in [2.05, 4.69) is 6.58 Å². The van der Waals surface area contributed by atoms with Crippen molar-refractivity contribution in [2.45, 2.75) is 20.3 Å². The van der Waals surface area contributed by atoms with E-state index in [1.807, 2.05) is 0 Å². The van der Waals surface area contributed by atoms with Gasteiger partial charge in [-0.15, -0.1) is 0 Å². The molecule has 0 aliphatic rings. The van der Waals surface area contributed by atoms with Gasteiger partial charge in [-0.05, 0) is 6.92 Å². The second-order valence-electron chi connectivity index (χ2n) is 2.11. The smallest absolute Gasteiger partial charge is 0.202 e. The average Bonchev–Trinajstić information content (AvgIpc) is 1.63. The summed E-state index contributed by atoms with van der Waals surface area (Å²) in [5, 5.41) is 0. The molecule has 9 heavy (non-hydrogen) atoms. The summed E-state index contributed by atoms with van der Waals surface area (Å²) in [5.41, 5.74) is 0.732. The maximum absolute atomic E-state index is 10.5. The fourth-order valence-corrected chi connectivity index (χ4v) is 0.399. The highest BCUT2D eigenvalue weighted by molar-refractivity contribution is 6.36. The first kappa shape index (κ1) is 8.08. The number of Topliss-reactive ketones (excluding diaryl/α,β-unsaturated/α-hetero) is 2. The number of hydrogen-bond acceptors (Lipinski definition) is 2. The van der Waals surface area contributed by atoms with Gasteiger partial charge in [-0.3, -0.25) is 9.59 Å². The van der Waals surface area contributed by atoms with Gasteiger partial charge in [0.1, 0.15) is 0 Å². The van der Waals surface area contributed by atoms with Gasteiger partial charge in [0.05, 0.1) is 0 Å². The molecule has 0 spiro atoms. The van der Waals surface area contributed by atoms with Gasteiger partial charge in [-0.25, -0.2) is 0 Å². The predicted molar refractivity (Wildman–Crippen MR) is 35.1 cm³/mol. The van der Waals surface area contributed by atoms with Gasteiger partial charge < -0.3 is 0 Å². The monoisotopic (exact) mass is 126 g/mol. The Kier molecular flexibility index (Phi) is 2.85. The van der Waals surface area contributed by atoms with E-state index < -0.39 is 5.78 Å². The highest BCUT2D eigenvalue weighted by Crippen LogP contribution is 1.96. The zero-order chi connectivity index (χ0) is 7.44. The van der Waals surface area contributed by atoms with Crippen LogP contribution >= 0.6 is 0 Å². The van der Waals surface area contributed by atoms with Crippen molar-refractivity contribution in [3.8, 4) is 0 Å². The Hall–Kier alpha value is -0.920. The second-order valence-corrected chi connectivity index (χ2v) is 2.11. The van der Waals surface area contributed by atoms with E-state index in [4.69, 9.17) is 0 Å². The van der Waals surface area contributed by atoms with Crippen molar-refractivity contribution in [2.75, 3.05) is 0 Å². The van der Waals surface area contributed by atoms with Crippen LogP contribution in [-0.4, -0.2) is 11.6 Å². The van der Waals surface area contributed by atoms with Crippen molar-refractivity contribution in [1.29, 1.82) is 0 Å². The zero-order valence-electron chi connectivity index (χ0n) is 5.73. The molecule has 50 valence electrons. The lowest BCUT2D eigenvalue weighted by Gasteiger charge is -1.91. The van der Waals surface area contributed by atoms with Crippen LogP contribution in [0.1, 0.15) is 20.3 Å². The molecule has 0 aromatic rings. The van der Waals surface area contributed by atoms with Crippen LogP contribution in [0.4, 0.5) is 0 Å². The number of allylic oxidation sites excluding steroid dienone is 1. The van der Waals surface area contributed by atoms with E-state index in [1.54, 1.807) is 6.92 Å². The molecule has 0 saturated carbocycles. The first-order valence-corrected chi connectivity index (χ1v) is 2.72. The average molecular weight is 126 g/mol. The number of hydrogen-bond donors (Lipinski definition) is 0. The summed E-state index contributed by atoms with van der Waals surface area (Å²) in [5.74, 6) is -0.750. The minimum atomic E-state index is -0.391. The lowest BCUT2D eigenvalue weighted by Crippen LogP contribution is -2.08. The first-order chi connectivity index (χ1) is 4.04. The third kappa shape index (κ3) is 3.64. The van der Waals surface area contributed by atoms with Crippen LogP contribution in [0.5, 0.6) is 0 Å². The molecule has 0 unspecified atom stereocenters. The maximum atomic E-state index is 10.5. The minimum Gasteiger partial charge on any atom is -0.291 e. The molecule has 0 bridgehead atoms. The van der Waals surface area contributed by atoms with Crippen LogP contribution in [-0.2, 0) is 9.59 Å². The Morgan fingerprint density at radius 1 is 1.33 bits per heavy atom. The van der Waals surface area contributed by atoms with Crippen LogP contribution in [0.3, 0.4) is 0 Å². The Morgan fingerprint density at radius 2 is 1.78 bits per heavy atom. The van der Waals surface area contributed by atoms with E-state index >= 15 is 0 Å². The zero-order valence-corrected chi connectivity index (χ0v) is 5.73. The summed E-state index contributed by atoms with van der Waals surface area (Å²) >= 11 is 0. The Bertz CT molecular complexity index is 156. The van der Waals surface area contributed by atoms with Gasteiger partial charge >= 0.3 is 0 Å². The van der Waals surface area contributed by atoms with Crippen LogP contribution < -0.4 is 0 Å². The lowest BCUT2D eigenvalue weighted by atomic mass is 10.1. The molecule has 0 N–H and O–H groups in total. The van der Waals surface area contributed by atoms with Crippen LogP contribution in [0.15, 0.2) is 12.2 Å². The van der Waals surface area contributed by atoms with Gasteiger partial charge in [-0.1, -0.05) is 12.2 Å². The highest BCUT2D eigenvalue weighted by Gasteiger charge is 2.05. The summed E-state index contributed by atoms with van der Waals surface area (Å²) in [4.78, 5) is 20.8. The third-order valence-electron chi connectivity index (χ3n) is 0.855. The van der Waals surface area contributed by atoms with E-state index in [0.29, 0.717) is 0 Å². The fourth-order valence-electron chi connectivity index (χ4n) is 0.399. The lowest BCUT2D eigenvalue weighted by molar-refractivity contribution is -0.134. The predicted octanol–water partition coefficient (Wildman–Crippen LogP) is 1.11. The molecule has 0 aromatic heterocycles. The van der Waals surface area contributed by atoms with Crippen molar-refractivity contribution in [1.82, 2.24) is 0 Å². The summed E-state index contributed by atoms with van der Waals surface area (Å²) in [7, 11) is 0. The SMILES string of the molecule is C=C(C)CC(=O)C(C)=O. The van der Waals surface area contributed by atoms with Crippen molar-refractivity contribution in [3.63, 3.8) is 0 Å². The normalized spacial score (nSPS) is 8.67. The van der Waals surface area contributed by atoms with Gasteiger partial charge in [0.25, 0.3) is 0 Å². The molecule has 0 fully saturated rings. The first-order valence-electron chi connectivity index (χ1n) is 2.72. The second kappa shape index (κ2) is 3.17. The molecule has 2 nitrogen and oxygen atoms in total. The van der Waals surface area contributed by atoms with E-state index in [0.717, 1.165) is 5.57 Å². The Balaban J connectivity index is 3.79. The molecule has 0 aromatic carbocycles. The van der Waals surface area contributed by atoms with Gasteiger partial charge in [0.2, 0.25) is 5.78 Å². The van der Waals surface area contributed by atoms with E-state index in [-0.39, 0.29) is 12.2 Å². The maximum Gasteiger partial charge on any atom is 0.202 e. The number of ketones is 2. The molecule has 0 aliphatic carbocycles. The van der Waals surface area contributed by atoms with Crippen molar-refractivity contribution in [2.24, 2.45) is 0 Å². The van der Waals surface area contributed by atoms with Crippen LogP contribution in [0, 0.1) is 0 Å². The molecule has 0 aliphatic heterocycles. The minimum absolute atomic E-state index is 0.190. The molecule has 0 amide bonds. The largest absolute Gasteiger partial charge is 0.291 e. The number of carbonyl (C=O) groups is 2. The summed E-state index contributed by atoms with van der Waals surface area (Å²) in [6.45, 7) is 6.50. The topological polar surface area (TPSA) is 34.1 Å². The van der Waals surface area contributed by atoms with Crippen molar-refractivity contribution >= 4 is 11.6 Å². The quantitative estimate of drug-likeness (QED) is 0.419. The summed E-state index contributed by atoms with van der Waals surface area (Å²) in [6, 6.07) is 0. The van der Waals surface area contributed by atoms with Crippen LogP contribution in [0.2, 0.25) is 0 Å².